The highest BCUT2D eigenvalue weighted by Gasteiger charge is 2.30. The molecule has 0 N–H and O–H groups in total. The van der Waals surface area contributed by atoms with Crippen LogP contribution in [0.4, 0.5) is 8.78 Å². The van der Waals surface area contributed by atoms with Crippen LogP contribution in [-0.4, -0.2) is 22.8 Å². The van der Waals surface area contributed by atoms with E-state index in [4.69, 9.17) is 4.74 Å². The second-order valence-electron chi connectivity index (χ2n) is 8.80. The van der Waals surface area contributed by atoms with Crippen molar-refractivity contribution < 1.29 is 13.5 Å². The van der Waals surface area contributed by atoms with E-state index in [1.165, 1.54) is 69.9 Å². The molecule has 0 radical (unpaired) electrons. The smallest absolute Gasteiger partial charge is 0.125 e. The van der Waals surface area contributed by atoms with Crippen molar-refractivity contribution in [3.63, 3.8) is 0 Å². The van der Waals surface area contributed by atoms with Gasteiger partial charge in [-0.3, -0.25) is 0 Å². The average Bonchev–Trinajstić information content (AvgIpc) is 2.72. The fourth-order valence-electron chi connectivity index (χ4n) is 5.35. The molecule has 0 bridgehead atoms. The zero-order chi connectivity index (χ0) is 19.1. The molecule has 4 heteroatoms. The van der Waals surface area contributed by atoms with Gasteiger partial charge in [0.1, 0.15) is 24.8 Å². The summed E-state index contributed by atoms with van der Waals surface area (Å²) < 4.78 is 31.6. The number of ether oxygens (including phenoxy) is 1. The minimum atomic E-state index is -0.575. The van der Waals surface area contributed by atoms with Gasteiger partial charge in [-0.05, 0) is 60.6 Å². The summed E-state index contributed by atoms with van der Waals surface area (Å²) in [5.41, 5.74) is 0. The monoisotopic (exact) mass is 394 g/mol. The average molecular weight is 395 g/mol. The lowest BCUT2D eigenvalue weighted by atomic mass is 9.69. The lowest BCUT2D eigenvalue weighted by Crippen LogP contribution is -2.27. The van der Waals surface area contributed by atoms with Gasteiger partial charge in [-0.1, -0.05) is 51.1 Å². The van der Waals surface area contributed by atoms with Crippen molar-refractivity contribution in [3.8, 4) is 5.75 Å². The number of hydrogen-bond acceptors (Lipinski definition) is 1. The highest BCUT2D eigenvalue weighted by Crippen LogP contribution is 2.42. The quantitative estimate of drug-likeness (QED) is 0.536. The Morgan fingerprint density at radius 2 is 1.59 bits per heavy atom. The van der Waals surface area contributed by atoms with Gasteiger partial charge >= 0.3 is 0 Å². The van der Waals surface area contributed by atoms with Crippen LogP contribution in [0.3, 0.4) is 0 Å². The molecule has 0 amide bonds. The summed E-state index contributed by atoms with van der Waals surface area (Å²) in [5.74, 6) is 4.04. The largest absolute Gasteiger partial charge is 0.491 e. The molecular weight excluding hydrogens is 358 g/mol. The third kappa shape index (κ3) is 6.04. The third-order valence-corrected chi connectivity index (χ3v) is 9.44. The molecule has 3 rings (SSSR count). The Hall–Kier alpha value is -0.903. The fourth-order valence-corrected chi connectivity index (χ4v) is 7.27. The first-order chi connectivity index (χ1) is 13.2. The summed E-state index contributed by atoms with van der Waals surface area (Å²) in [4.78, 5) is 0. The van der Waals surface area contributed by atoms with E-state index < -0.39 is 16.2 Å². The molecule has 2 saturated carbocycles. The maximum absolute atomic E-state index is 14.3. The van der Waals surface area contributed by atoms with E-state index >= 15 is 0 Å². The molecule has 27 heavy (non-hydrogen) atoms. The van der Waals surface area contributed by atoms with E-state index in [1.807, 2.05) is 6.07 Å². The molecule has 0 aromatic heterocycles. The molecule has 0 unspecified atom stereocenters. The SMILES string of the molecule is CC[C@H]1CC[C@H]([C@H]2CC[C@H](C[SiH2]c3ccc(OCCF)cc3F)CC2)CC1. The Morgan fingerprint density at radius 3 is 2.15 bits per heavy atom. The molecule has 2 aliphatic carbocycles. The molecule has 0 saturated heterocycles. The minimum absolute atomic E-state index is 0.000446. The molecule has 0 atom stereocenters. The van der Waals surface area contributed by atoms with Crippen LogP contribution in [0.15, 0.2) is 18.2 Å². The molecule has 2 fully saturated rings. The first-order valence-corrected chi connectivity index (χ1v) is 12.9. The highest BCUT2D eigenvalue weighted by atomic mass is 28.2. The summed E-state index contributed by atoms with van der Waals surface area (Å²) in [7, 11) is -0.575. The molecule has 1 nitrogen and oxygen atoms in total. The van der Waals surface area contributed by atoms with E-state index in [-0.39, 0.29) is 12.4 Å². The third-order valence-electron chi connectivity index (χ3n) is 7.22. The Labute approximate surface area is 166 Å². The lowest BCUT2D eigenvalue weighted by Gasteiger charge is -2.37. The summed E-state index contributed by atoms with van der Waals surface area (Å²) in [6.45, 7) is 1.80. The van der Waals surface area contributed by atoms with Gasteiger partial charge in [0.15, 0.2) is 0 Å². The minimum Gasteiger partial charge on any atom is -0.491 e. The summed E-state index contributed by atoms with van der Waals surface area (Å²) in [6, 6.07) is 6.32. The molecule has 152 valence electrons. The highest BCUT2D eigenvalue weighted by molar-refractivity contribution is 6.53. The molecule has 0 spiro atoms. The van der Waals surface area contributed by atoms with Gasteiger partial charge in [0.25, 0.3) is 0 Å². The second kappa shape index (κ2) is 10.6. The van der Waals surface area contributed by atoms with Gasteiger partial charge in [-0.25, -0.2) is 8.78 Å². The Morgan fingerprint density at radius 1 is 0.963 bits per heavy atom. The molecule has 0 aliphatic heterocycles. The number of benzene rings is 1. The lowest BCUT2D eigenvalue weighted by molar-refractivity contribution is 0.149. The maximum Gasteiger partial charge on any atom is 0.125 e. The number of halogens is 2. The van der Waals surface area contributed by atoms with Crippen molar-refractivity contribution in [1.29, 1.82) is 0 Å². The zero-order valence-corrected chi connectivity index (χ0v) is 18.3. The summed E-state index contributed by atoms with van der Waals surface area (Å²) in [5, 5.41) is 0.905. The van der Waals surface area contributed by atoms with Crippen molar-refractivity contribution in [1.82, 2.24) is 0 Å². The Bertz CT molecular complexity index is 563. The Kier molecular flexibility index (Phi) is 8.17. The number of alkyl halides is 1. The molecule has 2 aliphatic rings. The van der Waals surface area contributed by atoms with Crippen LogP contribution in [0, 0.1) is 29.5 Å². The van der Waals surface area contributed by atoms with Crippen LogP contribution < -0.4 is 9.92 Å². The maximum atomic E-state index is 14.3. The predicted molar refractivity (Wildman–Crippen MR) is 112 cm³/mol. The van der Waals surface area contributed by atoms with Crippen molar-refractivity contribution in [2.24, 2.45) is 23.7 Å². The van der Waals surface area contributed by atoms with Gasteiger partial charge in [-0.2, -0.15) is 0 Å². The van der Waals surface area contributed by atoms with Gasteiger partial charge in [0.05, 0.1) is 9.52 Å². The summed E-state index contributed by atoms with van der Waals surface area (Å²) in [6.07, 6.45) is 12.7. The van der Waals surface area contributed by atoms with E-state index in [0.29, 0.717) is 5.75 Å². The second-order valence-corrected chi connectivity index (χ2v) is 10.6. The molecule has 0 heterocycles. The first kappa shape index (κ1) is 20.8. The van der Waals surface area contributed by atoms with E-state index in [2.05, 4.69) is 6.92 Å². The van der Waals surface area contributed by atoms with Crippen molar-refractivity contribution in [3.05, 3.63) is 24.0 Å². The van der Waals surface area contributed by atoms with Crippen LogP contribution in [0.5, 0.6) is 5.75 Å². The predicted octanol–water partition coefficient (Wildman–Crippen LogP) is 5.41. The van der Waals surface area contributed by atoms with Crippen LogP contribution in [-0.2, 0) is 0 Å². The van der Waals surface area contributed by atoms with E-state index in [0.717, 1.165) is 28.9 Å². The van der Waals surface area contributed by atoms with Crippen LogP contribution in [0.2, 0.25) is 6.04 Å². The van der Waals surface area contributed by atoms with Gasteiger partial charge < -0.3 is 4.74 Å². The zero-order valence-electron chi connectivity index (χ0n) is 16.9. The van der Waals surface area contributed by atoms with Crippen LogP contribution >= 0.6 is 0 Å². The Balaban J connectivity index is 1.39. The first-order valence-electron chi connectivity index (χ1n) is 11.2. The summed E-state index contributed by atoms with van der Waals surface area (Å²) >= 11 is 0. The topological polar surface area (TPSA) is 9.23 Å². The van der Waals surface area contributed by atoms with E-state index in [9.17, 15) is 8.78 Å². The normalized spacial score (nSPS) is 29.3. The van der Waals surface area contributed by atoms with Crippen LogP contribution in [0.25, 0.3) is 0 Å². The van der Waals surface area contributed by atoms with Gasteiger partial charge in [0, 0.05) is 6.07 Å². The fraction of sp³-hybridized carbons (Fsp3) is 0.739. The van der Waals surface area contributed by atoms with Crippen molar-refractivity contribution >= 4 is 14.7 Å². The van der Waals surface area contributed by atoms with Crippen LogP contribution in [0.1, 0.15) is 64.7 Å². The molecule has 1 aromatic carbocycles. The number of hydrogen-bond donors (Lipinski definition) is 0. The van der Waals surface area contributed by atoms with Crippen molar-refractivity contribution in [2.45, 2.75) is 70.8 Å². The number of rotatable bonds is 8. The molecular formula is C23H36F2OSi. The van der Waals surface area contributed by atoms with Crippen molar-refractivity contribution in [2.75, 3.05) is 13.3 Å². The standard InChI is InChI=1S/C23H36F2OSi/c1-2-17-3-7-19(8-4-17)20-9-5-18(6-10-20)16-27-23-12-11-21(15-22(23)25)26-14-13-24/h11-12,15,17-20H,2-10,13-14,16,27H2,1H3/t17-,18-,19-,20-. The van der Waals surface area contributed by atoms with E-state index in [1.54, 1.807) is 6.07 Å². The molecule has 1 aromatic rings. The van der Waals surface area contributed by atoms with Gasteiger partial charge in [0.2, 0.25) is 0 Å². The van der Waals surface area contributed by atoms with Gasteiger partial charge in [-0.15, -0.1) is 0 Å².